The summed E-state index contributed by atoms with van der Waals surface area (Å²) in [5.41, 5.74) is 3.22. The lowest BCUT2D eigenvalue weighted by Gasteiger charge is -2.35. The average molecular weight is 560 g/mol. The summed E-state index contributed by atoms with van der Waals surface area (Å²) in [6.07, 6.45) is 2.51. The molecule has 0 aliphatic carbocycles. The molecule has 8 nitrogen and oxygen atoms in total. The van der Waals surface area contributed by atoms with Crippen LogP contribution >= 0.6 is 11.6 Å². The number of likely N-dealkylation sites (tertiary alicyclic amines) is 1. The Morgan fingerprint density at radius 1 is 1.10 bits per heavy atom. The van der Waals surface area contributed by atoms with Crippen LogP contribution in [0.2, 0.25) is 5.02 Å². The number of alkyl halides is 1. The fourth-order valence-corrected chi connectivity index (χ4v) is 5.65. The highest BCUT2D eigenvalue weighted by molar-refractivity contribution is 6.33. The van der Waals surface area contributed by atoms with Gasteiger partial charge < -0.3 is 9.30 Å². The molecule has 40 heavy (non-hydrogen) atoms. The highest BCUT2D eigenvalue weighted by atomic mass is 35.5. The van der Waals surface area contributed by atoms with Crippen molar-refractivity contribution in [1.82, 2.24) is 29.4 Å². The molecule has 0 bridgehead atoms. The predicted octanol–water partition coefficient (Wildman–Crippen LogP) is 6.35. The molecule has 1 aliphatic heterocycles. The second-order valence-electron chi connectivity index (χ2n) is 9.86. The van der Waals surface area contributed by atoms with E-state index < -0.39 is 18.0 Å². The summed E-state index contributed by atoms with van der Waals surface area (Å²) in [4.78, 5) is 19.2. The number of aromatic nitrogens is 5. The number of ether oxygens (including phenoxy) is 1. The fourth-order valence-electron chi connectivity index (χ4n) is 5.37. The zero-order valence-corrected chi connectivity index (χ0v) is 22.5. The van der Waals surface area contributed by atoms with E-state index in [2.05, 4.69) is 26.0 Å². The zero-order valence-electron chi connectivity index (χ0n) is 21.8. The molecule has 3 aromatic heterocycles. The maximum atomic E-state index is 15.5. The van der Waals surface area contributed by atoms with E-state index >= 15 is 8.78 Å². The second-order valence-corrected chi connectivity index (χ2v) is 10.3. The number of benzene rings is 2. The minimum absolute atomic E-state index is 0.165. The van der Waals surface area contributed by atoms with E-state index in [-0.39, 0.29) is 29.7 Å². The molecule has 1 saturated heterocycles. The number of rotatable bonds is 5. The highest BCUT2D eigenvalue weighted by Crippen LogP contribution is 2.38. The first-order valence-corrected chi connectivity index (χ1v) is 13.2. The lowest BCUT2D eigenvalue weighted by Crippen LogP contribution is -2.43. The quantitative estimate of drug-likeness (QED) is 0.232. The van der Waals surface area contributed by atoms with Gasteiger partial charge in [-0.05, 0) is 44.5 Å². The van der Waals surface area contributed by atoms with Crippen LogP contribution in [0.25, 0.3) is 33.1 Å². The normalized spacial score (nSPS) is 17.8. The predicted molar refractivity (Wildman–Crippen MR) is 148 cm³/mol. The third-order valence-electron chi connectivity index (χ3n) is 7.21. The van der Waals surface area contributed by atoms with Crippen molar-refractivity contribution in [2.24, 2.45) is 0 Å². The SMILES string of the molecule is Cc1ccnc(Oc2ccc(-c3cc4c(cc3F)ncc3nc(C)n(C5CCN(CC#N)CC5F)c34)c(Cl)c2)n1. The van der Waals surface area contributed by atoms with E-state index in [9.17, 15) is 0 Å². The average Bonchev–Trinajstić information content (AvgIpc) is 3.25. The van der Waals surface area contributed by atoms with Crippen LogP contribution in [0.5, 0.6) is 11.8 Å². The Balaban J connectivity index is 1.43. The van der Waals surface area contributed by atoms with Gasteiger partial charge in [0.1, 0.15) is 29.1 Å². The lowest BCUT2D eigenvalue weighted by atomic mass is 10.00. The summed E-state index contributed by atoms with van der Waals surface area (Å²) in [7, 11) is 0. The molecule has 1 fully saturated rings. The Bertz CT molecular complexity index is 1800. The first-order valence-electron chi connectivity index (χ1n) is 12.8. The van der Waals surface area contributed by atoms with Gasteiger partial charge in [0.2, 0.25) is 0 Å². The first-order chi connectivity index (χ1) is 19.3. The Hall–Kier alpha value is -4.20. The lowest BCUT2D eigenvalue weighted by molar-refractivity contribution is 0.0996. The van der Waals surface area contributed by atoms with Crippen molar-refractivity contribution >= 4 is 33.5 Å². The highest BCUT2D eigenvalue weighted by Gasteiger charge is 2.33. The molecular formula is C29H24ClF2N7O. The molecule has 0 spiro atoms. The summed E-state index contributed by atoms with van der Waals surface area (Å²) in [5, 5.41) is 9.95. The van der Waals surface area contributed by atoms with Crippen LogP contribution in [-0.2, 0) is 0 Å². The van der Waals surface area contributed by atoms with Gasteiger partial charge in [0.15, 0.2) is 0 Å². The Morgan fingerprint density at radius 2 is 1.95 bits per heavy atom. The monoisotopic (exact) mass is 559 g/mol. The van der Waals surface area contributed by atoms with Crippen molar-refractivity contribution in [2.75, 3.05) is 19.6 Å². The van der Waals surface area contributed by atoms with Crippen LogP contribution in [0, 0.1) is 31.0 Å². The topological polar surface area (TPSA) is 92.8 Å². The fraction of sp³-hybridized carbons (Fsp3) is 0.276. The smallest absolute Gasteiger partial charge is 0.322 e. The van der Waals surface area contributed by atoms with Gasteiger partial charge in [-0.25, -0.2) is 23.7 Å². The van der Waals surface area contributed by atoms with E-state index in [1.165, 1.54) is 6.07 Å². The molecule has 11 heteroatoms. The van der Waals surface area contributed by atoms with Crippen LogP contribution in [0.1, 0.15) is 24.0 Å². The largest absolute Gasteiger partial charge is 0.424 e. The number of imidazole rings is 1. The van der Waals surface area contributed by atoms with E-state index in [0.717, 1.165) is 5.69 Å². The van der Waals surface area contributed by atoms with Gasteiger partial charge in [0.25, 0.3) is 0 Å². The number of hydrogen-bond donors (Lipinski definition) is 0. The van der Waals surface area contributed by atoms with Crippen molar-refractivity contribution in [1.29, 1.82) is 5.26 Å². The van der Waals surface area contributed by atoms with Gasteiger partial charge in [-0.15, -0.1) is 0 Å². The molecule has 5 aromatic rings. The van der Waals surface area contributed by atoms with Crippen LogP contribution in [0.4, 0.5) is 8.78 Å². The minimum atomic E-state index is -1.19. The van der Waals surface area contributed by atoms with Gasteiger partial charge in [0, 0.05) is 53.6 Å². The number of nitrogens with zero attached hydrogens (tertiary/aromatic N) is 7. The third kappa shape index (κ3) is 4.72. The molecule has 2 unspecified atom stereocenters. The molecule has 2 aromatic carbocycles. The maximum absolute atomic E-state index is 15.5. The van der Waals surface area contributed by atoms with Gasteiger partial charge >= 0.3 is 6.01 Å². The number of halogens is 3. The molecule has 0 saturated carbocycles. The standard InChI is InChI=1S/C29H24ClF2N7O/c1-16-5-8-34-29(36-16)40-18-3-4-19(22(30)11-18)20-12-21-25(13-23(20)31)35-14-26-28(21)39(17(2)37-26)27-6-9-38(10-7-33)15-24(27)32/h3-5,8,11-14,24,27H,6,9-10,15H2,1-2H3. The van der Waals surface area contributed by atoms with Crippen molar-refractivity contribution in [3.05, 3.63) is 71.2 Å². The number of hydrogen-bond acceptors (Lipinski definition) is 7. The number of pyridine rings is 1. The van der Waals surface area contributed by atoms with Gasteiger partial charge in [-0.3, -0.25) is 9.88 Å². The van der Waals surface area contributed by atoms with E-state index in [0.29, 0.717) is 52.0 Å². The second kappa shape index (κ2) is 10.4. The number of fused-ring (bicyclic) bond motifs is 3. The molecule has 0 radical (unpaired) electrons. The van der Waals surface area contributed by atoms with Crippen LogP contribution in [0.3, 0.4) is 0 Å². The molecule has 0 amide bonds. The van der Waals surface area contributed by atoms with Crippen LogP contribution in [0.15, 0.2) is 48.8 Å². The Morgan fingerprint density at radius 3 is 2.70 bits per heavy atom. The molecule has 2 atom stereocenters. The molecule has 202 valence electrons. The number of aryl methyl sites for hydroxylation is 2. The van der Waals surface area contributed by atoms with Crippen molar-refractivity contribution in [3.63, 3.8) is 0 Å². The molecule has 0 N–H and O–H groups in total. The molecule has 1 aliphatic rings. The van der Waals surface area contributed by atoms with Crippen molar-refractivity contribution in [2.45, 2.75) is 32.5 Å². The Kier molecular flexibility index (Phi) is 6.78. The summed E-state index contributed by atoms with van der Waals surface area (Å²) in [6, 6.07) is 11.6. The van der Waals surface area contributed by atoms with Gasteiger partial charge in [0.05, 0.1) is 40.9 Å². The minimum Gasteiger partial charge on any atom is -0.424 e. The zero-order chi connectivity index (χ0) is 28.0. The summed E-state index contributed by atoms with van der Waals surface area (Å²) < 4.78 is 38.5. The van der Waals surface area contributed by atoms with E-state index in [1.54, 1.807) is 42.7 Å². The van der Waals surface area contributed by atoms with Crippen molar-refractivity contribution in [3.8, 4) is 29.0 Å². The van der Waals surface area contributed by atoms with Gasteiger partial charge in [-0.1, -0.05) is 11.6 Å². The summed E-state index contributed by atoms with van der Waals surface area (Å²) in [6.45, 7) is 4.61. The first kappa shape index (κ1) is 26.0. The molecule has 4 heterocycles. The summed E-state index contributed by atoms with van der Waals surface area (Å²) >= 11 is 6.62. The third-order valence-corrected chi connectivity index (χ3v) is 7.52. The van der Waals surface area contributed by atoms with E-state index in [1.807, 2.05) is 23.3 Å². The van der Waals surface area contributed by atoms with Gasteiger partial charge in [-0.2, -0.15) is 5.26 Å². The Labute approximate surface area is 233 Å². The van der Waals surface area contributed by atoms with Crippen LogP contribution in [-0.4, -0.2) is 55.2 Å². The number of piperidine rings is 1. The maximum Gasteiger partial charge on any atom is 0.322 e. The summed E-state index contributed by atoms with van der Waals surface area (Å²) in [5.74, 6) is 0.567. The van der Waals surface area contributed by atoms with Crippen molar-refractivity contribution < 1.29 is 13.5 Å². The molecular weight excluding hydrogens is 536 g/mol. The van der Waals surface area contributed by atoms with Crippen LogP contribution < -0.4 is 4.74 Å². The molecule has 6 rings (SSSR count). The number of nitriles is 1. The van der Waals surface area contributed by atoms with E-state index in [4.69, 9.17) is 21.6 Å².